The molecule has 7 heteroatoms. The number of anilines is 1. The molecular weight excluding hydrogens is 428 g/mol. The van der Waals surface area contributed by atoms with E-state index in [2.05, 4.69) is 24.9 Å². The van der Waals surface area contributed by atoms with Crippen LogP contribution in [0, 0.1) is 0 Å². The largest absolute Gasteiger partial charge is 0.378 e. The van der Waals surface area contributed by atoms with Crippen LogP contribution in [-0.4, -0.2) is 53.0 Å². The molecule has 5 rings (SSSR count). The van der Waals surface area contributed by atoms with E-state index >= 15 is 0 Å². The summed E-state index contributed by atoms with van der Waals surface area (Å²) in [6.45, 7) is 7.08. The number of carbonyl (C=O) groups excluding carboxylic acids is 2. The van der Waals surface area contributed by atoms with Crippen molar-refractivity contribution in [2.45, 2.75) is 32.7 Å². The van der Waals surface area contributed by atoms with E-state index in [-0.39, 0.29) is 11.8 Å². The second-order valence-electron chi connectivity index (χ2n) is 9.04. The Morgan fingerprint density at radius 3 is 2.53 bits per heavy atom. The van der Waals surface area contributed by atoms with Gasteiger partial charge in [-0.15, -0.1) is 0 Å². The molecule has 0 unspecified atom stereocenters. The molecular formula is C27H28N4O3. The first-order valence-corrected chi connectivity index (χ1v) is 11.7. The molecule has 34 heavy (non-hydrogen) atoms. The minimum Gasteiger partial charge on any atom is -0.378 e. The van der Waals surface area contributed by atoms with Gasteiger partial charge in [-0.05, 0) is 29.2 Å². The molecule has 1 aromatic heterocycles. The molecule has 174 valence electrons. The Kier molecular flexibility index (Phi) is 6.11. The van der Waals surface area contributed by atoms with Gasteiger partial charge in [-0.2, -0.15) is 0 Å². The molecule has 2 amide bonds. The minimum absolute atomic E-state index is 0.00654. The van der Waals surface area contributed by atoms with Gasteiger partial charge in [0.15, 0.2) is 5.82 Å². The van der Waals surface area contributed by atoms with E-state index in [0.717, 1.165) is 16.7 Å². The van der Waals surface area contributed by atoms with Crippen LogP contribution in [0.5, 0.6) is 0 Å². The van der Waals surface area contributed by atoms with Crippen LogP contribution >= 0.6 is 0 Å². The molecule has 0 aliphatic carbocycles. The van der Waals surface area contributed by atoms with Crippen molar-refractivity contribution in [3.8, 4) is 11.4 Å². The molecule has 0 radical (unpaired) electrons. The monoisotopic (exact) mass is 456 g/mol. The number of benzene rings is 2. The Bertz CT molecular complexity index is 1220. The smallest absolute Gasteiger partial charge is 0.254 e. The van der Waals surface area contributed by atoms with Gasteiger partial charge in [0.2, 0.25) is 5.91 Å². The van der Waals surface area contributed by atoms with E-state index in [4.69, 9.17) is 9.72 Å². The van der Waals surface area contributed by atoms with Gasteiger partial charge in [0, 0.05) is 36.0 Å². The molecule has 0 N–H and O–H groups in total. The van der Waals surface area contributed by atoms with Crippen LogP contribution in [0.1, 0.15) is 46.8 Å². The summed E-state index contributed by atoms with van der Waals surface area (Å²) in [6, 6.07) is 15.6. The second-order valence-corrected chi connectivity index (χ2v) is 9.04. The van der Waals surface area contributed by atoms with Crippen molar-refractivity contribution in [3.05, 3.63) is 77.0 Å². The second kappa shape index (κ2) is 9.35. The Labute approximate surface area is 199 Å². The maximum atomic E-state index is 12.8. The van der Waals surface area contributed by atoms with Gasteiger partial charge in [-0.3, -0.25) is 14.5 Å². The number of hydrogen-bond donors (Lipinski definition) is 0. The predicted molar refractivity (Wildman–Crippen MR) is 130 cm³/mol. The number of aromatic nitrogens is 2. The molecule has 0 spiro atoms. The molecule has 0 bridgehead atoms. The third kappa shape index (κ3) is 4.31. The van der Waals surface area contributed by atoms with Gasteiger partial charge < -0.3 is 9.64 Å². The molecule has 7 nitrogen and oxygen atoms in total. The van der Waals surface area contributed by atoms with Crippen LogP contribution in [0.2, 0.25) is 0 Å². The van der Waals surface area contributed by atoms with Crippen molar-refractivity contribution in [2.24, 2.45) is 0 Å². The lowest BCUT2D eigenvalue weighted by Gasteiger charge is -2.27. The summed E-state index contributed by atoms with van der Waals surface area (Å²) in [5.41, 5.74) is 4.61. The van der Waals surface area contributed by atoms with Crippen molar-refractivity contribution < 1.29 is 14.3 Å². The van der Waals surface area contributed by atoms with Crippen LogP contribution in [-0.2, 0) is 22.5 Å². The van der Waals surface area contributed by atoms with Gasteiger partial charge in [-0.25, -0.2) is 9.97 Å². The average Bonchev–Trinajstić information content (AvgIpc) is 3.18. The normalized spacial score (nSPS) is 15.7. The van der Waals surface area contributed by atoms with Gasteiger partial charge >= 0.3 is 0 Å². The molecule has 0 saturated carbocycles. The minimum atomic E-state index is 0.00654. The highest BCUT2D eigenvalue weighted by molar-refractivity contribution is 6.00. The first-order chi connectivity index (χ1) is 16.5. The summed E-state index contributed by atoms with van der Waals surface area (Å²) in [5, 5.41) is 0. The fourth-order valence-corrected chi connectivity index (χ4v) is 4.51. The highest BCUT2D eigenvalue weighted by Gasteiger charge is 2.30. The first kappa shape index (κ1) is 22.2. The Hall–Kier alpha value is -3.58. The van der Waals surface area contributed by atoms with Crippen molar-refractivity contribution in [1.82, 2.24) is 14.9 Å². The molecule has 3 heterocycles. The van der Waals surface area contributed by atoms with E-state index in [9.17, 15) is 9.59 Å². The lowest BCUT2D eigenvalue weighted by atomic mass is 9.97. The Morgan fingerprint density at radius 1 is 1.06 bits per heavy atom. The van der Waals surface area contributed by atoms with Gasteiger partial charge in [-0.1, -0.05) is 50.2 Å². The molecule has 2 aromatic carbocycles. The maximum absolute atomic E-state index is 12.8. The lowest BCUT2D eigenvalue weighted by molar-refractivity contribution is -0.117. The van der Waals surface area contributed by atoms with Crippen molar-refractivity contribution >= 4 is 17.6 Å². The van der Waals surface area contributed by atoms with Gasteiger partial charge in [0.1, 0.15) is 5.82 Å². The van der Waals surface area contributed by atoms with Crippen molar-refractivity contribution in [3.63, 3.8) is 0 Å². The van der Waals surface area contributed by atoms with E-state index in [0.29, 0.717) is 62.4 Å². The van der Waals surface area contributed by atoms with Crippen LogP contribution in [0.25, 0.3) is 11.4 Å². The highest BCUT2D eigenvalue weighted by Crippen LogP contribution is 2.32. The number of morpholine rings is 1. The zero-order valence-electron chi connectivity index (χ0n) is 19.5. The zero-order chi connectivity index (χ0) is 23.7. The summed E-state index contributed by atoms with van der Waals surface area (Å²) in [6.07, 6.45) is 2.08. The number of ether oxygens (including phenoxy) is 1. The molecule has 3 aromatic rings. The molecule has 1 saturated heterocycles. The van der Waals surface area contributed by atoms with Crippen LogP contribution < -0.4 is 4.90 Å². The fourth-order valence-electron chi connectivity index (χ4n) is 4.51. The SMILES string of the molecule is CC(C)c1ccccc1-c1ncc2c(n1)N(Cc1ccc(C(=O)N3CCOCC3)cc1)C(=O)C2. The summed E-state index contributed by atoms with van der Waals surface area (Å²) in [5.74, 6) is 1.66. The quantitative estimate of drug-likeness (QED) is 0.583. The fraction of sp³-hybridized carbons (Fsp3) is 0.333. The number of carbonyl (C=O) groups is 2. The predicted octanol–water partition coefficient (Wildman–Crippen LogP) is 3.83. The highest BCUT2D eigenvalue weighted by atomic mass is 16.5. The number of amides is 2. The Balaban J connectivity index is 1.38. The average molecular weight is 457 g/mol. The topological polar surface area (TPSA) is 75.6 Å². The number of fused-ring (bicyclic) bond motifs is 1. The molecule has 2 aliphatic rings. The van der Waals surface area contributed by atoms with E-state index in [1.165, 1.54) is 5.56 Å². The summed E-state index contributed by atoms with van der Waals surface area (Å²) in [7, 11) is 0. The molecule has 1 fully saturated rings. The van der Waals surface area contributed by atoms with E-state index < -0.39 is 0 Å². The lowest BCUT2D eigenvalue weighted by Crippen LogP contribution is -2.40. The number of rotatable bonds is 5. The Morgan fingerprint density at radius 2 is 1.79 bits per heavy atom. The van der Waals surface area contributed by atoms with Crippen LogP contribution in [0.4, 0.5) is 5.82 Å². The summed E-state index contributed by atoms with van der Waals surface area (Å²) < 4.78 is 5.33. The number of hydrogen-bond acceptors (Lipinski definition) is 5. The van der Waals surface area contributed by atoms with Crippen LogP contribution in [0.3, 0.4) is 0 Å². The van der Waals surface area contributed by atoms with Crippen LogP contribution in [0.15, 0.2) is 54.7 Å². The standard InChI is InChI=1S/C27H28N4O3/c1-18(2)22-5-3-4-6-23(22)25-28-16-21-15-24(32)31(26(21)29-25)17-19-7-9-20(10-8-19)27(33)30-11-13-34-14-12-30/h3-10,16,18H,11-15,17H2,1-2H3. The third-order valence-electron chi connectivity index (χ3n) is 6.40. The zero-order valence-corrected chi connectivity index (χ0v) is 19.5. The van der Waals surface area contributed by atoms with Gasteiger partial charge in [0.25, 0.3) is 5.91 Å². The maximum Gasteiger partial charge on any atom is 0.254 e. The van der Waals surface area contributed by atoms with Crippen molar-refractivity contribution in [1.29, 1.82) is 0 Å². The van der Waals surface area contributed by atoms with E-state index in [1.54, 1.807) is 11.1 Å². The van der Waals surface area contributed by atoms with E-state index in [1.807, 2.05) is 47.4 Å². The summed E-state index contributed by atoms with van der Waals surface area (Å²) in [4.78, 5) is 38.5. The summed E-state index contributed by atoms with van der Waals surface area (Å²) >= 11 is 0. The van der Waals surface area contributed by atoms with Crippen molar-refractivity contribution in [2.75, 3.05) is 31.2 Å². The number of nitrogens with zero attached hydrogens (tertiary/aromatic N) is 4. The first-order valence-electron chi connectivity index (χ1n) is 11.7. The third-order valence-corrected chi connectivity index (χ3v) is 6.40. The molecule has 0 atom stereocenters. The molecule has 2 aliphatic heterocycles. The van der Waals surface area contributed by atoms with Gasteiger partial charge in [0.05, 0.1) is 26.2 Å².